The third-order valence-electron chi connectivity index (χ3n) is 5.06. The molecule has 0 saturated carbocycles. The van der Waals surface area contributed by atoms with Crippen molar-refractivity contribution >= 4 is 29.7 Å². The Bertz CT molecular complexity index is 658. The molecule has 0 spiro atoms. The molecule has 0 unspecified atom stereocenters. The smallest absolute Gasteiger partial charge is 0.326 e. The van der Waals surface area contributed by atoms with Crippen molar-refractivity contribution in [2.75, 3.05) is 19.6 Å². The molecule has 1 aliphatic rings. The second-order valence-electron chi connectivity index (χ2n) is 7.61. The van der Waals surface area contributed by atoms with E-state index in [-0.39, 0.29) is 24.2 Å². The van der Waals surface area contributed by atoms with E-state index >= 15 is 0 Å². The van der Waals surface area contributed by atoms with E-state index in [1.54, 1.807) is 0 Å². The minimum Gasteiger partial charge on any atom is -0.480 e. The van der Waals surface area contributed by atoms with E-state index in [9.17, 15) is 24.3 Å². The van der Waals surface area contributed by atoms with E-state index in [1.807, 2.05) is 0 Å². The van der Waals surface area contributed by atoms with Gasteiger partial charge in [0.25, 0.3) is 0 Å². The molecule has 176 valence electrons. The van der Waals surface area contributed by atoms with E-state index in [2.05, 4.69) is 16.0 Å². The normalized spacial score (nSPS) is 17.5. The number of carboxylic acid groups (broad SMARTS) is 1. The summed E-state index contributed by atoms with van der Waals surface area (Å²) < 4.78 is 0. The van der Waals surface area contributed by atoms with Crippen molar-refractivity contribution < 1.29 is 24.3 Å². The number of hydrogen-bond donors (Lipinski definition) is 7. The van der Waals surface area contributed by atoms with Gasteiger partial charge in [-0.25, -0.2) is 4.79 Å². The van der Waals surface area contributed by atoms with Gasteiger partial charge in [-0.2, -0.15) is 0 Å². The van der Waals surface area contributed by atoms with Crippen LogP contribution in [0.15, 0.2) is 0 Å². The first kappa shape index (κ1) is 26.1. The van der Waals surface area contributed by atoms with Crippen LogP contribution >= 0.6 is 0 Å². The quantitative estimate of drug-likeness (QED) is 0.101. The van der Waals surface area contributed by atoms with Crippen molar-refractivity contribution in [3.63, 3.8) is 0 Å². The van der Waals surface area contributed by atoms with Crippen LogP contribution in [-0.4, -0.2) is 77.4 Å². The summed E-state index contributed by atoms with van der Waals surface area (Å²) in [4.78, 5) is 50.3. The number of aliphatic carboxylic acids is 1. The van der Waals surface area contributed by atoms with Gasteiger partial charge in [0.2, 0.25) is 17.7 Å². The number of likely N-dealkylation sites (tertiary alicyclic amines) is 1. The number of carbonyl (C=O) groups is 4. The highest BCUT2D eigenvalue weighted by Gasteiger charge is 2.38. The van der Waals surface area contributed by atoms with Gasteiger partial charge >= 0.3 is 5.97 Å². The number of carbonyl (C=O) groups excluding carboxylic acids is 3. The molecule has 0 radical (unpaired) electrons. The van der Waals surface area contributed by atoms with Gasteiger partial charge in [-0.1, -0.05) is 0 Å². The molecule has 0 aromatic carbocycles. The van der Waals surface area contributed by atoms with Crippen molar-refractivity contribution in [2.45, 2.75) is 70.0 Å². The molecular weight excluding hydrogens is 406 g/mol. The third-order valence-corrected chi connectivity index (χ3v) is 5.06. The number of nitrogens with one attached hydrogen (secondary N) is 4. The molecule has 12 nitrogen and oxygen atoms in total. The van der Waals surface area contributed by atoms with Crippen molar-refractivity contribution in [2.24, 2.45) is 11.5 Å². The molecule has 0 aromatic rings. The van der Waals surface area contributed by atoms with Crippen LogP contribution in [0.2, 0.25) is 0 Å². The van der Waals surface area contributed by atoms with Gasteiger partial charge in [-0.05, 0) is 51.5 Å². The number of nitrogens with zero attached hydrogens (tertiary/aromatic N) is 1. The SMILES string of the molecule is CC(=O)N[C@@H](CCCCN)C(=O)N1CCC[C@H]1C(=O)N[C@@H](CCCNC(=N)N)C(=O)O. The molecule has 1 aliphatic heterocycles. The first-order valence-electron chi connectivity index (χ1n) is 10.6. The van der Waals surface area contributed by atoms with Gasteiger partial charge < -0.3 is 37.4 Å². The van der Waals surface area contributed by atoms with Crippen LogP contribution in [0.4, 0.5) is 0 Å². The molecule has 9 N–H and O–H groups in total. The average Bonchev–Trinajstić information content (AvgIpc) is 3.18. The number of unbranched alkanes of at least 4 members (excludes halogenated alkanes) is 1. The fourth-order valence-electron chi connectivity index (χ4n) is 3.55. The Morgan fingerprint density at radius 1 is 1.13 bits per heavy atom. The Kier molecular flexibility index (Phi) is 11.3. The summed E-state index contributed by atoms with van der Waals surface area (Å²) in [5.74, 6) is -2.60. The maximum Gasteiger partial charge on any atom is 0.326 e. The van der Waals surface area contributed by atoms with Gasteiger partial charge in [0.05, 0.1) is 0 Å². The lowest BCUT2D eigenvalue weighted by Crippen LogP contribution is -2.55. The van der Waals surface area contributed by atoms with Gasteiger partial charge in [0.1, 0.15) is 18.1 Å². The highest BCUT2D eigenvalue weighted by atomic mass is 16.4. The Hall–Kier alpha value is -2.89. The van der Waals surface area contributed by atoms with E-state index in [4.69, 9.17) is 16.9 Å². The maximum atomic E-state index is 13.0. The molecule has 1 saturated heterocycles. The van der Waals surface area contributed by atoms with Crippen LogP contribution in [0.25, 0.3) is 0 Å². The predicted molar refractivity (Wildman–Crippen MR) is 114 cm³/mol. The van der Waals surface area contributed by atoms with E-state index in [0.717, 1.165) is 0 Å². The van der Waals surface area contributed by atoms with E-state index in [0.29, 0.717) is 58.2 Å². The summed E-state index contributed by atoms with van der Waals surface area (Å²) in [6.07, 6.45) is 3.36. The number of rotatable bonds is 13. The lowest BCUT2D eigenvalue weighted by Gasteiger charge is -2.29. The van der Waals surface area contributed by atoms with Crippen LogP contribution in [0.5, 0.6) is 0 Å². The first-order valence-corrected chi connectivity index (χ1v) is 10.6. The van der Waals surface area contributed by atoms with Gasteiger partial charge in [-0.15, -0.1) is 0 Å². The fourth-order valence-corrected chi connectivity index (χ4v) is 3.55. The Morgan fingerprint density at radius 3 is 2.39 bits per heavy atom. The number of hydrogen-bond acceptors (Lipinski definition) is 6. The Labute approximate surface area is 182 Å². The maximum absolute atomic E-state index is 13.0. The van der Waals surface area contributed by atoms with Crippen LogP contribution in [0, 0.1) is 5.41 Å². The zero-order valence-corrected chi connectivity index (χ0v) is 18.0. The minimum atomic E-state index is -1.18. The molecule has 0 aliphatic carbocycles. The van der Waals surface area contributed by atoms with E-state index < -0.39 is 30.0 Å². The number of amides is 3. The summed E-state index contributed by atoms with van der Waals surface area (Å²) in [6, 6.07) is -2.64. The van der Waals surface area contributed by atoms with E-state index in [1.165, 1.54) is 11.8 Å². The molecule has 3 amide bonds. The van der Waals surface area contributed by atoms with Gasteiger partial charge in [0, 0.05) is 20.0 Å². The number of guanidine groups is 1. The monoisotopic (exact) mass is 441 g/mol. The summed E-state index contributed by atoms with van der Waals surface area (Å²) in [7, 11) is 0. The lowest BCUT2D eigenvalue weighted by molar-refractivity contribution is -0.145. The zero-order valence-electron chi connectivity index (χ0n) is 18.0. The zero-order chi connectivity index (χ0) is 23.4. The molecule has 31 heavy (non-hydrogen) atoms. The highest BCUT2D eigenvalue weighted by Crippen LogP contribution is 2.20. The molecule has 1 fully saturated rings. The lowest BCUT2D eigenvalue weighted by atomic mass is 10.1. The molecule has 1 heterocycles. The van der Waals surface area contributed by atoms with Crippen molar-refractivity contribution in [3.8, 4) is 0 Å². The topological polar surface area (TPSA) is 204 Å². The van der Waals surface area contributed by atoms with Gasteiger partial charge in [0.15, 0.2) is 5.96 Å². The second-order valence-corrected chi connectivity index (χ2v) is 7.61. The molecule has 3 atom stereocenters. The molecular formula is C19H35N7O5. The summed E-state index contributed by atoms with van der Waals surface area (Å²) in [5, 5.41) is 24.3. The van der Waals surface area contributed by atoms with Crippen LogP contribution < -0.4 is 27.4 Å². The highest BCUT2D eigenvalue weighted by molar-refractivity contribution is 5.93. The molecule has 0 aromatic heterocycles. The molecule has 0 bridgehead atoms. The third kappa shape index (κ3) is 9.20. The largest absolute Gasteiger partial charge is 0.480 e. The predicted octanol–water partition coefficient (Wildman–Crippen LogP) is -1.56. The second kappa shape index (κ2) is 13.4. The van der Waals surface area contributed by atoms with Crippen molar-refractivity contribution in [3.05, 3.63) is 0 Å². The van der Waals surface area contributed by atoms with Gasteiger partial charge in [-0.3, -0.25) is 19.8 Å². The van der Waals surface area contributed by atoms with Crippen molar-refractivity contribution in [1.29, 1.82) is 5.41 Å². The fraction of sp³-hybridized carbons (Fsp3) is 0.737. The van der Waals surface area contributed by atoms with Crippen molar-refractivity contribution in [1.82, 2.24) is 20.9 Å². The standard InChI is InChI=1S/C19H35N7O5/c1-12(27)24-13(6-2-3-9-20)17(29)26-11-5-8-15(26)16(28)25-14(18(30)31)7-4-10-23-19(21)22/h13-15H,2-11,20H2,1H3,(H,24,27)(H,25,28)(H,30,31)(H4,21,22,23)/t13-,14-,15-/m0/s1. The Morgan fingerprint density at radius 2 is 1.81 bits per heavy atom. The summed E-state index contributed by atoms with van der Waals surface area (Å²) in [6.45, 7) is 2.48. The summed E-state index contributed by atoms with van der Waals surface area (Å²) >= 11 is 0. The first-order chi connectivity index (χ1) is 14.7. The summed E-state index contributed by atoms with van der Waals surface area (Å²) in [5.41, 5.74) is 10.7. The van der Waals surface area contributed by atoms with Crippen LogP contribution in [-0.2, 0) is 19.2 Å². The van der Waals surface area contributed by atoms with Crippen LogP contribution in [0.3, 0.4) is 0 Å². The number of carboxylic acids is 1. The minimum absolute atomic E-state index is 0.148. The number of nitrogens with two attached hydrogens (primary N) is 2. The molecule has 12 heteroatoms. The Balaban J connectivity index is 2.76. The average molecular weight is 442 g/mol. The molecule has 1 rings (SSSR count). The van der Waals surface area contributed by atoms with Crippen LogP contribution in [0.1, 0.15) is 51.9 Å².